The fourth-order valence-electron chi connectivity index (χ4n) is 1.29. The van der Waals surface area contributed by atoms with Gasteiger partial charge in [-0.2, -0.15) is 0 Å². The van der Waals surface area contributed by atoms with E-state index in [0.29, 0.717) is 24.2 Å². The van der Waals surface area contributed by atoms with E-state index in [1.807, 2.05) is 13.0 Å². The molecule has 1 N–H and O–H groups in total. The molecule has 1 aromatic carbocycles. The van der Waals surface area contributed by atoms with E-state index in [1.165, 1.54) is 6.92 Å². The summed E-state index contributed by atoms with van der Waals surface area (Å²) in [4.78, 5) is 10.7. The average Bonchev–Trinajstić information content (AvgIpc) is 2.26. The molecule has 0 saturated heterocycles. The third-order valence-electron chi connectivity index (χ3n) is 2.12. The van der Waals surface area contributed by atoms with Crippen molar-refractivity contribution in [3.05, 3.63) is 29.8 Å². The van der Waals surface area contributed by atoms with Gasteiger partial charge < -0.3 is 9.84 Å². The van der Waals surface area contributed by atoms with Crippen LogP contribution in [0.3, 0.4) is 0 Å². The average molecular weight is 208 g/mol. The number of carbonyl (C=O) groups is 1. The standard InChI is InChI=1S/C12H16O3/c1-3-8-15-11-7-5-4-6-10(11)12(2,14)9-13/h4-7,9,14H,3,8H2,1-2H3. The van der Waals surface area contributed by atoms with Crippen molar-refractivity contribution >= 4 is 6.29 Å². The maximum absolute atomic E-state index is 10.7. The number of hydrogen-bond donors (Lipinski definition) is 1. The summed E-state index contributed by atoms with van der Waals surface area (Å²) in [6.45, 7) is 4.03. The zero-order valence-corrected chi connectivity index (χ0v) is 9.06. The SMILES string of the molecule is CCCOc1ccccc1C(C)(O)C=O. The van der Waals surface area contributed by atoms with Gasteiger partial charge in [0.25, 0.3) is 0 Å². The van der Waals surface area contributed by atoms with Crippen LogP contribution in [-0.4, -0.2) is 18.0 Å². The molecule has 0 radical (unpaired) electrons. The minimum atomic E-state index is -1.48. The summed E-state index contributed by atoms with van der Waals surface area (Å²) < 4.78 is 5.46. The van der Waals surface area contributed by atoms with Crippen LogP contribution in [0.4, 0.5) is 0 Å². The van der Waals surface area contributed by atoms with Gasteiger partial charge in [0.15, 0.2) is 6.29 Å². The van der Waals surface area contributed by atoms with E-state index in [9.17, 15) is 9.90 Å². The monoisotopic (exact) mass is 208 g/mol. The van der Waals surface area contributed by atoms with Crippen LogP contribution in [0.1, 0.15) is 25.8 Å². The highest BCUT2D eigenvalue weighted by Crippen LogP contribution is 2.28. The van der Waals surface area contributed by atoms with Crippen molar-refractivity contribution < 1.29 is 14.6 Å². The van der Waals surface area contributed by atoms with Gasteiger partial charge in [0.1, 0.15) is 11.4 Å². The van der Waals surface area contributed by atoms with Crippen molar-refractivity contribution in [2.45, 2.75) is 25.9 Å². The zero-order chi connectivity index (χ0) is 11.3. The van der Waals surface area contributed by atoms with Crippen LogP contribution >= 0.6 is 0 Å². The Labute approximate surface area is 89.7 Å². The molecular formula is C12H16O3. The lowest BCUT2D eigenvalue weighted by molar-refractivity contribution is -0.123. The van der Waals surface area contributed by atoms with Crippen LogP contribution in [0.5, 0.6) is 5.75 Å². The Morgan fingerprint density at radius 2 is 2.13 bits per heavy atom. The molecule has 0 amide bonds. The second-order valence-electron chi connectivity index (χ2n) is 3.61. The molecule has 1 rings (SSSR count). The molecule has 0 bridgehead atoms. The Morgan fingerprint density at radius 1 is 1.47 bits per heavy atom. The van der Waals surface area contributed by atoms with E-state index in [0.717, 1.165) is 6.42 Å². The lowest BCUT2D eigenvalue weighted by atomic mass is 9.97. The van der Waals surface area contributed by atoms with Crippen molar-refractivity contribution in [1.82, 2.24) is 0 Å². The highest BCUT2D eigenvalue weighted by molar-refractivity contribution is 5.67. The van der Waals surface area contributed by atoms with Crippen molar-refractivity contribution in [2.24, 2.45) is 0 Å². The molecule has 0 aromatic heterocycles. The summed E-state index contributed by atoms with van der Waals surface area (Å²) in [6.07, 6.45) is 1.40. The summed E-state index contributed by atoms with van der Waals surface area (Å²) in [5, 5.41) is 9.83. The molecule has 3 heteroatoms. The predicted octanol–water partition coefficient (Wildman–Crippen LogP) is 1.88. The van der Waals surface area contributed by atoms with Gasteiger partial charge in [-0.3, -0.25) is 4.79 Å². The lowest BCUT2D eigenvalue weighted by Gasteiger charge is -2.19. The van der Waals surface area contributed by atoms with Gasteiger partial charge in [0, 0.05) is 5.56 Å². The molecule has 1 aromatic rings. The molecule has 0 aliphatic heterocycles. The Kier molecular flexibility index (Phi) is 3.86. The topological polar surface area (TPSA) is 46.5 Å². The number of benzene rings is 1. The normalized spacial score (nSPS) is 14.3. The van der Waals surface area contributed by atoms with Gasteiger partial charge in [0.05, 0.1) is 6.61 Å². The maximum atomic E-state index is 10.7. The number of rotatable bonds is 5. The first-order valence-corrected chi connectivity index (χ1v) is 5.03. The second kappa shape index (κ2) is 4.94. The molecule has 0 spiro atoms. The highest BCUT2D eigenvalue weighted by atomic mass is 16.5. The van der Waals surface area contributed by atoms with Gasteiger partial charge in [0.2, 0.25) is 0 Å². The third kappa shape index (κ3) is 2.80. The zero-order valence-electron chi connectivity index (χ0n) is 9.06. The Morgan fingerprint density at radius 3 is 2.73 bits per heavy atom. The molecule has 82 valence electrons. The summed E-state index contributed by atoms with van der Waals surface area (Å²) in [5.41, 5.74) is -0.974. The van der Waals surface area contributed by atoms with Crippen LogP contribution in [0.2, 0.25) is 0 Å². The molecule has 0 fully saturated rings. The van der Waals surface area contributed by atoms with Gasteiger partial charge >= 0.3 is 0 Å². The van der Waals surface area contributed by atoms with Gasteiger partial charge in [-0.15, -0.1) is 0 Å². The van der Waals surface area contributed by atoms with Crippen LogP contribution in [0.15, 0.2) is 24.3 Å². The fraction of sp³-hybridized carbons (Fsp3) is 0.417. The third-order valence-corrected chi connectivity index (χ3v) is 2.12. The van der Waals surface area contributed by atoms with Gasteiger partial charge in [-0.25, -0.2) is 0 Å². The van der Waals surface area contributed by atoms with E-state index >= 15 is 0 Å². The van der Waals surface area contributed by atoms with E-state index in [4.69, 9.17) is 4.74 Å². The number of aldehydes is 1. The van der Waals surface area contributed by atoms with Crippen molar-refractivity contribution in [1.29, 1.82) is 0 Å². The summed E-state index contributed by atoms with van der Waals surface area (Å²) in [7, 11) is 0. The van der Waals surface area contributed by atoms with Gasteiger partial charge in [-0.05, 0) is 19.4 Å². The molecular weight excluding hydrogens is 192 g/mol. The molecule has 0 aliphatic rings. The molecule has 3 nitrogen and oxygen atoms in total. The highest BCUT2D eigenvalue weighted by Gasteiger charge is 2.25. The second-order valence-corrected chi connectivity index (χ2v) is 3.61. The lowest BCUT2D eigenvalue weighted by Crippen LogP contribution is -2.23. The quantitative estimate of drug-likeness (QED) is 0.751. The summed E-state index contributed by atoms with van der Waals surface area (Å²) in [5.74, 6) is 0.566. The minimum Gasteiger partial charge on any atom is -0.493 e. The van der Waals surface area contributed by atoms with E-state index in [2.05, 4.69) is 0 Å². The molecule has 0 aliphatic carbocycles. The van der Waals surface area contributed by atoms with Crippen LogP contribution in [-0.2, 0) is 10.4 Å². The van der Waals surface area contributed by atoms with E-state index in [-0.39, 0.29) is 0 Å². The molecule has 1 atom stereocenters. The number of para-hydroxylation sites is 1. The van der Waals surface area contributed by atoms with Crippen LogP contribution < -0.4 is 4.74 Å². The van der Waals surface area contributed by atoms with Crippen LogP contribution in [0.25, 0.3) is 0 Å². The smallest absolute Gasteiger partial charge is 0.155 e. The number of hydrogen-bond acceptors (Lipinski definition) is 3. The van der Waals surface area contributed by atoms with E-state index in [1.54, 1.807) is 18.2 Å². The van der Waals surface area contributed by atoms with Gasteiger partial charge in [-0.1, -0.05) is 25.1 Å². The first kappa shape index (κ1) is 11.7. The maximum Gasteiger partial charge on any atom is 0.155 e. The molecule has 1 unspecified atom stereocenters. The fourth-order valence-corrected chi connectivity index (χ4v) is 1.29. The van der Waals surface area contributed by atoms with Crippen LogP contribution in [0, 0.1) is 0 Å². The number of ether oxygens (including phenoxy) is 1. The summed E-state index contributed by atoms with van der Waals surface area (Å²) >= 11 is 0. The van der Waals surface area contributed by atoms with E-state index < -0.39 is 5.60 Å². The first-order valence-electron chi connectivity index (χ1n) is 5.03. The number of aliphatic hydroxyl groups is 1. The van der Waals surface area contributed by atoms with Crippen molar-refractivity contribution in [3.8, 4) is 5.75 Å². The molecule has 0 heterocycles. The molecule has 0 saturated carbocycles. The Hall–Kier alpha value is -1.35. The largest absolute Gasteiger partial charge is 0.493 e. The Bertz CT molecular complexity index is 331. The molecule has 15 heavy (non-hydrogen) atoms. The predicted molar refractivity (Wildman–Crippen MR) is 57.9 cm³/mol. The van der Waals surface area contributed by atoms with Crippen molar-refractivity contribution in [2.75, 3.05) is 6.61 Å². The minimum absolute atomic E-state index is 0.508. The summed E-state index contributed by atoms with van der Waals surface area (Å²) in [6, 6.07) is 7.03. The number of carbonyl (C=O) groups excluding carboxylic acids is 1. The first-order chi connectivity index (χ1) is 7.11. The van der Waals surface area contributed by atoms with Crippen molar-refractivity contribution in [3.63, 3.8) is 0 Å². The Balaban J connectivity index is 3.00.